The van der Waals surface area contributed by atoms with Crippen LogP contribution in [0.2, 0.25) is 0 Å². The maximum atomic E-state index is 14.8. The molecule has 34 heavy (non-hydrogen) atoms. The van der Waals surface area contributed by atoms with E-state index in [1.165, 1.54) is 11.0 Å². The number of nitrogens with zero attached hydrogens (tertiary/aromatic N) is 2. The molecule has 1 saturated heterocycles. The van der Waals surface area contributed by atoms with Crippen LogP contribution in [0.3, 0.4) is 0 Å². The Labute approximate surface area is 200 Å². The first kappa shape index (κ1) is 25.4. The topological polar surface area (TPSA) is 70.1 Å². The third-order valence-corrected chi connectivity index (χ3v) is 5.76. The summed E-state index contributed by atoms with van der Waals surface area (Å²) in [5, 5.41) is 11.2. The Bertz CT molecular complexity index is 1090. The second kappa shape index (κ2) is 10.8. The van der Waals surface area contributed by atoms with Crippen molar-refractivity contribution in [2.45, 2.75) is 33.2 Å². The van der Waals surface area contributed by atoms with Crippen LogP contribution in [0.25, 0.3) is 5.76 Å². The Hall–Kier alpha value is -3.19. The van der Waals surface area contributed by atoms with Crippen molar-refractivity contribution in [3.63, 3.8) is 0 Å². The predicted octanol–water partition coefficient (Wildman–Crippen LogP) is 4.54. The number of ketones is 1. The molecule has 0 aliphatic carbocycles. The summed E-state index contributed by atoms with van der Waals surface area (Å²) >= 11 is 0. The molecule has 0 aromatic heterocycles. The molecule has 7 heteroatoms. The smallest absolute Gasteiger partial charge is 0.295 e. The van der Waals surface area contributed by atoms with Crippen molar-refractivity contribution >= 4 is 17.4 Å². The number of aliphatic hydroxyl groups is 1. The number of halogens is 1. The van der Waals surface area contributed by atoms with Crippen molar-refractivity contribution in [3.8, 4) is 5.75 Å². The van der Waals surface area contributed by atoms with E-state index >= 15 is 0 Å². The number of aliphatic hydroxyl groups excluding tert-OH is 1. The zero-order valence-electron chi connectivity index (χ0n) is 20.5. The van der Waals surface area contributed by atoms with Crippen LogP contribution < -0.4 is 4.74 Å². The average molecular weight is 469 g/mol. The minimum atomic E-state index is -1.000. The summed E-state index contributed by atoms with van der Waals surface area (Å²) in [6.07, 6.45) is 0.603. The number of hydrogen-bond acceptors (Lipinski definition) is 5. The number of Topliss-reactive ketones (excluding diaryl/α,β-unsaturated/α-hetero) is 1. The van der Waals surface area contributed by atoms with Gasteiger partial charge in [0.25, 0.3) is 11.7 Å². The molecule has 0 saturated carbocycles. The molecule has 1 aliphatic rings. The third-order valence-electron chi connectivity index (χ3n) is 5.76. The summed E-state index contributed by atoms with van der Waals surface area (Å²) in [6, 6.07) is 10.1. The fourth-order valence-corrected chi connectivity index (χ4v) is 4.06. The highest BCUT2D eigenvalue weighted by Gasteiger charge is 2.46. The molecule has 1 N–H and O–H groups in total. The fourth-order valence-electron chi connectivity index (χ4n) is 4.06. The van der Waals surface area contributed by atoms with Gasteiger partial charge in [0.2, 0.25) is 0 Å². The molecule has 1 fully saturated rings. The molecule has 1 heterocycles. The lowest BCUT2D eigenvalue weighted by Gasteiger charge is -2.26. The SMILES string of the molecule is Cc1cc(C(O)=C2C(=O)C(=O)N(CCCN(C)C)[C@@H]2c2ccccc2F)ccc1OCC(C)C. The van der Waals surface area contributed by atoms with Gasteiger partial charge in [-0.25, -0.2) is 4.39 Å². The lowest BCUT2D eigenvalue weighted by molar-refractivity contribution is -0.140. The summed E-state index contributed by atoms with van der Waals surface area (Å²) in [7, 11) is 3.83. The molecule has 0 bridgehead atoms. The van der Waals surface area contributed by atoms with Crippen molar-refractivity contribution in [2.24, 2.45) is 5.92 Å². The highest BCUT2D eigenvalue weighted by atomic mass is 19.1. The molecule has 1 atom stereocenters. The Morgan fingerprint density at radius 1 is 1.18 bits per heavy atom. The minimum absolute atomic E-state index is 0.102. The first-order chi connectivity index (χ1) is 16.1. The van der Waals surface area contributed by atoms with E-state index in [9.17, 15) is 19.1 Å². The number of amides is 1. The van der Waals surface area contributed by atoms with Gasteiger partial charge in [0.05, 0.1) is 18.2 Å². The number of hydrogen-bond donors (Lipinski definition) is 1. The maximum absolute atomic E-state index is 14.8. The number of carbonyl (C=O) groups is 2. The van der Waals surface area contributed by atoms with E-state index in [1.807, 2.05) is 25.9 Å². The van der Waals surface area contributed by atoms with Crippen LogP contribution in [-0.2, 0) is 9.59 Å². The van der Waals surface area contributed by atoms with Gasteiger partial charge in [0.1, 0.15) is 17.3 Å². The Morgan fingerprint density at radius 2 is 1.88 bits per heavy atom. The molecule has 1 amide bonds. The van der Waals surface area contributed by atoms with E-state index < -0.39 is 23.5 Å². The van der Waals surface area contributed by atoms with Crippen molar-refractivity contribution < 1.29 is 23.8 Å². The standard InChI is InChI=1S/C27H33FN2O4/c1-17(2)16-34-22-12-11-19(15-18(22)3)25(31)23-24(20-9-6-7-10-21(20)28)30(27(33)26(23)32)14-8-13-29(4)5/h6-7,9-12,15,17,24,31H,8,13-14,16H2,1-5H3/t24-/m1/s1. The van der Waals surface area contributed by atoms with Gasteiger partial charge >= 0.3 is 0 Å². The molecule has 3 rings (SSSR count). The van der Waals surface area contributed by atoms with E-state index in [2.05, 4.69) is 13.8 Å². The van der Waals surface area contributed by atoms with Gasteiger partial charge in [-0.1, -0.05) is 32.0 Å². The predicted molar refractivity (Wildman–Crippen MR) is 130 cm³/mol. The monoisotopic (exact) mass is 468 g/mol. The minimum Gasteiger partial charge on any atom is -0.507 e. The maximum Gasteiger partial charge on any atom is 0.295 e. The highest BCUT2D eigenvalue weighted by Crippen LogP contribution is 2.40. The number of benzene rings is 2. The van der Waals surface area contributed by atoms with Gasteiger partial charge in [-0.15, -0.1) is 0 Å². The van der Waals surface area contributed by atoms with Crippen LogP contribution in [-0.4, -0.2) is 60.4 Å². The molecule has 0 unspecified atom stereocenters. The number of carbonyl (C=O) groups excluding carboxylic acids is 2. The zero-order valence-corrected chi connectivity index (χ0v) is 20.5. The Morgan fingerprint density at radius 3 is 2.50 bits per heavy atom. The van der Waals surface area contributed by atoms with Gasteiger partial charge in [-0.3, -0.25) is 9.59 Å². The van der Waals surface area contributed by atoms with Crippen molar-refractivity contribution in [3.05, 3.63) is 70.5 Å². The zero-order chi connectivity index (χ0) is 25.0. The molecule has 2 aromatic carbocycles. The molecule has 6 nitrogen and oxygen atoms in total. The second-order valence-corrected chi connectivity index (χ2v) is 9.36. The quantitative estimate of drug-likeness (QED) is 0.332. The summed E-state index contributed by atoms with van der Waals surface area (Å²) < 4.78 is 20.7. The lowest BCUT2D eigenvalue weighted by atomic mass is 9.94. The van der Waals surface area contributed by atoms with Gasteiger partial charge in [0, 0.05) is 17.7 Å². The molecular formula is C27H33FN2O4. The summed E-state index contributed by atoms with van der Waals surface area (Å²) in [5.41, 5.74) is 1.24. The second-order valence-electron chi connectivity index (χ2n) is 9.36. The van der Waals surface area contributed by atoms with E-state index in [0.717, 1.165) is 5.56 Å². The van der Waals surface area contributed by atoms with Crippen LogP contribution in [0.5, 0.6) is 5.75 Å². The third kappa shape index (κ3) is 5.47. The average Bonchev–Trinajstić information content (AvgIpc) is 3.02. The van der Waals surface area contributed by atoms with E-state index in [-0.39, 0.29) is 23.4 Å². The van der Waals surface area contributed by atoms with E-state index in [1.54, 1.807) is 36.4 Å². The first-order valence-electron chi connectivity index (χ1n) is 11.5. The van der Waals surface area contributed by atoms with Gasteiger partial charge < -0.3 is 19.6 Å². The van der Waals surface area contributed by atoms with Crippen molar-refractivity contribution in [1.29, 1.82) is 0 Å². The van der Waals surface area contributed by atoms with Crippen LogP contribution in [0, 0.1) is 18.7 Å². The molecule has 2 aromatic rings. The summed E-state index contributed by atoms with van der Waals surface area (Å²) in [4.78, 5) is 29.4. The van der Waals surface area contributed by atoms with Crippen LogP contribution in [0.4, 0.5) is 4.39 Å². The number of rotatable bonds is 9. The van der Waals surface area contributed by atoms with Gasteiger partial charge in [0.15, 0.2) is 0 Å². The van der Waals surface area contributed by atoms with Crippen molar-refractivity contribution in [2.75, 3.05) is 33.8 Å². The first-order valence-corrected chi connectivity index (χ1v) is 11.5. The molecule has 1 aliphatic heterocycles. The van der Waals surface area contributed by atoms with Gasteiger partial charge in [-0.2, -0.15) is 0 Å². The van der Waals surface area contributed by atoms with E-state index in [4.69, 9.17) is 4.74 Å². The molecule has 0 spiro atoms. The summed E-state index contributed by atoms with van der Waals surface area (Å²) in [5.74, 6) is -1.36. The molecular weight excluding hydrogens is 435 g/mol. The lowest BCUT2D eigenvalue weighted by Crippen LogP contribution is -2.32. The van der Waals surface area contributed by atoms with E-state index in [0.29, 0.717) is 36.8 Å². The van der Waals surface area contributed by atoms with Gasteiger partial charge in [-0.05, 0) is 69.7 Å². The number of aryl methyl sites for hydroxylation is 1. The largest absolute Gasteiger partial charge is 0.507 e. The normalized spacial score (nSPS) is 17.8. The summed E-state index contributed by atoms with van der Waals surface area (Å²) in [6.45, 7) is 7.47. The Balaban J connectivity index is 2.06. The molecule has 0 radical (unpaired) electrons. The van der Waals surface area contributed by atoms with Crippen LogP contribution >= 0.6 is 0 Å². The number of likely N-dealkylation sites (tertiary alicyclic amines) is 1. The van der Waals surface area contributed by atoms with Crippen LogP contribution in [0.15, 0.2) is 48.0 Å². The molecule has 182 valence electrons. The Kier molecular flexibility index (Phi) is 8.10. The van der Waals surface area contributed by atoms with Crippen LogP contribution in [0.1, 0.15) is 43.0 Å². The van der Waals surface area contributed by atoms with Crippen molar-refractivity contribution in [1.82, 2.24) is 9.80 Å². The fraction of sp³-hybridized carbons (Fsp3) is 0.407. The number of ether oxygens (including phenoxy) is 1. The highest BCUT2D eigenvalue weighted by molar-refractivity contribution is 6.46.